The molecule has 0 atom stereocenters. The van der Waals surface area contributed by atoms with Crippen molar-refractivity contribution < 1.29 is 14.7 Å². The molecule has 0 aliphatic heterocycles. The van der Waals surface area contributed by atoms with Gasteiger partial charge >= 0.3 is 0 Å². The van der Waals surface area contributed by atoms with Crippen LogP contribution in [-0.2, 0) is 13.0 Å². The molecule has 0 unspecified atom stereocenters. The molecule has 0 fully saturated rings. The zero-order chi connectivity index (χ0) is 19.0. The monoisotopic (exact) mass is 364 g/mol. The lowest BCUT2D eigenvalue weighted by Gasteiger charge is -2.09. The molecule has 0 saturated carbocycles. The average molecular weight is 364 g/mol. The maximum Gasteiger partial charge on any atom is 0.163 e. The normalized spacial score (nSPS) is 13.6. The number of nitrogens with zero attached hydrogens (tertiary/aromatic N) is 1. The van der Waals surface area contributed by atoms with Gasteiger partial charge in [-0.25, -0.2) is 0 Å². The molecule has 1 aliphatic rings. The van der Waals surface area contributed by atoms with Crippen molar-refractivity contribution in [3.63, 3.8) is 0 Å². The van der Waals surface area contributed by atoms with Gasteiger partial charge < -0.3 is 15.0 Å². The van der Waals surface area contributed by atoms with Gasteiger partial charge in [0.05, 0.1) is 6.61 Å². The summed E-state index contributed by atoms with van der Waals surface area (Å²) in [6.07, 6.45) is 2.27. The molecular formula is C22H24N2O3. The van der Waals surface area contributed by atoms with Crippen LogP contribution in [0.4, 0.5) is 0 Å². The zero-order valence-electron chi connectivity index (χ0n) is 15.5. The minimum atomic E-state index is 0.0506. The lowest BCUT2D eigenvalue weighted by atomic mass is 10.0. The van der Waals surface area contributed by atoms with Crippen LogP contribution in [0.3, 0.4) is 0 Å². The first kappa shape index (κ1) is 17.9. The highest BCUT2D eigenvalue weighted by atomic mass is 16.3. The van der Waals surface area contributed by atoms with Crippen molar-refractivity contribution in [1.82, 2.24) is 9.88 Å². The third kappa shape index (κ3) is 3.07. The summed E-state index contributed by atoms with van der Waals surface area (Å²) >= 11 is 0. The topological polar surface area (TPSA) is 71.3 Å². The van der Waals surface area contributed by atoms with Crippen LogP contribution in [-0.4, -0.2) is 40.9 Å². The number of Topliss-reactive ketones (excluding diaryl/α,β-unsaturated/α-hetero) is 2. The van der Waals surface area contributed by atoms with Crippen molar-refractivity contribution in [1.29, 1.82) is 0 Å². The van der Waals surface area contributed by atoms with E-state index in [4.69, 9.17) is 5.11 Å². The molecule has 140 valence electrons. The Morgan fingerprint density at radius 2 is 1.96 bits per heavy atom. The minimum Gasteiger partial charge on any atom is -0.395 e. The number of aliphatic hydroxyl groups is 1. The number of aromatic nitrogens is 1. The van der Waals surface area contributed by atoms with Crippen LogP contribution in [0.1, 0.15) is 46.0 Å². The fraction of sp³-hybridized carbons (Fsp3) is 0.364. The van der Waals surface area contributed by atoms with Crippen LogP contribution >= 0.6 is 0 Å². The third-order valence-corrected chi connectivity index (χ3v) is 5.47. The molecule has 1 aliphatic carbocycles. The molecule has 5 nitrogen and oxygen atoms in total. The average Bonchev–Trinajstić information content (AvgIpc) is 3.19. The Hall–Kier alpha value is -2.50. The Bertz CT molecular complexity index is 1050. The van der Waals surface area contributed by atoms with E-state index in [-0.39, 0.29) is 18.2 Å². The number of ketones is 2. The van der Waals surface area contributed by atoms with E-state index in [1.165, 1.54) is 0 Å². The van der Waals surface area contributed by atoms with Gasteiger partial charge in [0.2, 0.25) is 0 Å². The summed E-state index contributed by atoms with van der Waals surface area (Å²) in [6.45, 7) is 4.00. The first-order valence-electron chi connectivity index (χ1n) is 9.55. The fourth-order valence-corrected chi connectivity index (χ4v) is 4.18. The molecule has 2 N–H and O–H groups in total. The van der Waals surface area contributed by atoms with Crippen molar-refractivity contribution in [2.45, 2.75) is 32.7 Å². The lowest BCUT2D eigenvalue weighted by molar-refractivity contribution is 0.0991. The van der Waals surface area contributed by atoms with Gasteiger partial charge in [0.1, 0.15) is 0 Å². The first-order chi connectivity index (χ1) is 13.1. The predicted octanol–water partition coefficient (Wildman–Crippen LogP) is 3.10. The van der Waals surface area contributed by atoms with E-state index in [0.717, 1.165) is 58.9 Å². The summed E-state index contributed by atoms with van der Waals surface area (Å²) in [4.78, 5) is 24.1. The number of hydrogen-bond acceptors (Lipinski definition) is 4. The van der Waals surface area contributed by atoms with Gasteiger partial charge in [-0.2, -0.15) is 0 Å². The first-order valence-corrected chi connectivity index (χ1v) is 9.55. The molecular weight excluding hydrogens is 340 g/mol. The largest absolute Gasteiger partial charge is 0.395 e. The third-order valence-electron chi connectivity index (χ3n) is 5.47. The van der Waals surface area contributed by atoms with Crippen LogP contribution in [0, 0.1) is 0 Å². The number of carbonyl (C=O) groups excluding carboxylic acids is 2. The van der Waals surface area contributed by atoms with E-state index in [0.29, 0.717) is 18.5 Å². The second kappa shape index (κ2) is 7.25. The summed E-state index contributed by atoms with van der Waals surface area (Å²) < 4.78 is 2.29. The summed E-state index contributed by atoms with van der Waals surface area (Å²) in [5.41, 5.74) is 4.89. The lowest BCUT2D eigenvalue weighted by Crippen LogP contribution is -2.20. The smallest absolute Gasteiger partial charge is 0.163 e. The Morgan fingerprint density at radius 3 is 2.74 bits per heavy atom. The number of fused-ring (bicyclic) bond motifs is 5. The number of nitrogens with one attached hydrogen (secondary N) is 1. The van der Waals surface area contributed by atoms with Crippen molar-refractivity contribution in [3.8, 4) is 0 Å². The number of hydrogen-bond donors (Lipinski definition) is 2. The maximum atomic E-state index is 12.2. The molecule has 0 bridgehead atoms. The molecule has 5 heteroatoms. The number of rotatable bonds is 7. The Balaban J connectivity index is 1.86. The van der Waals surface area contributed by atoms with E-state index >= 15 is 0 Å². The van der Waals surface area contributed by atoms with Gasteiger partial charge in [-0.3, -0.25) is 9.59 Å². The Kier molecular flexibility index (Phi) is 4.81. The molecule has 0 spiro atoms. The highest BCUT2D eigenvalue weighted by molar-refractivity contribution is 6.16. The highest BCUT2D eigenvalue weighted by Crippen LogP contribution is 2.37. The van der Waals surface area contributed by atoms with Crippen molar-refractivity contribution in [3.05, 3.63) is 47.0 Å². The number of aliphatic hydroxyl groups excluding tert-OH is 1. The fourth-order valence-electron chi connectivity index (χ4n) is 4.18. The van der Waals surface area contributed by atoms with Crippen molar-refractivity contribution in [2.75, 3.05) is 19.7 Å². The molecule has 2 aromatic carbocycles. The number of aryl methyl sites for hydroxylation is 2. The van der Waals surface area contributed by atoms with E-state index < -0.39 is 0 Å². The molecule has 0 saturated heterocycles. The van der Waals surface area contributed by atoms with Gasteiger partial charge in [-0.05, 0) is 62.2 Å². The predicted molar refractivity (Wildman–Crippen MR) is 107 cm³/mol. The van der Waals surface area contributed by atoms with Gasteiger partial charge in [-0.1, -0.05) is 0 Å². The van der Waals surface area contributed by atoms with Gasteiger partial charge in [0.15, 0.2) is 11.6 Å². The SMILES string of the molecule is CC(=O)c1ccc2c(c1)c1c3c(ccc1n2CCCNCCO)C(=O)CC3. The van der Waals surface area contributed by atoms with Crippen molar-refractivity contribution in [2.24, 2.45) is 0 Å². The van der Waals surface area contributed by atoms with E-state index in [9.17, 15) is 9.59 Å². The molecule has 3 aromatic rings. The maximum absolute atomic E-state index is 12.2. The highest BCUT2D eigenvalue weighted by Gasteiger charge is 2.25. The molecule has 27 heavy (non-hydrogen) atoms. The van der Waals surface area contributed by atoms with Crippen molar-refractivity contribution >= 4 is 33.4 Å². The quantitative estimate of drug-likeness (QED) is 0.499. The second-order valence-electron chi connectivity index (χ2n) is 7.18. The second-order valence-corrected chi connectivity index (χ2v) is 7.18. The standard InChI is InChI=1S/C22H24N2O3/c1-14(26)15-3-6-19-18(13-15)22-17-5-8-21(27)16(17)4-7-20(22)24(19)11-2-9-23-10-12-25/h3-4,6-7,13,23,25H,2,5,8-12H2,1H3. The van der Waals surface area contributed by atoms with E-state index in [1.807, 2.05) is 30.3 Å². The minimum absolute atomic E-state index is 0.0506. The van der Waals surface area contributed by atoms with Gasteiger partial charge in [0, 0.05) is 52.4 Å². The summed E-state index contributed by atoms with van der Waals surface area (Å²) in [5.74, 6) is 0.262. The summed E-state index contributed by atoms with van der Waals surface area (Å²) in [5, 5.41) is 14.3. The van der Waals surface area contributed by atoms with Gasteiger partial charge in [0.25, 0.3) is 0 Å². The number of carbonyl (C=O) groups is 2. The van der Waals surface area contributed by atoms with Crippen LogP contribution in [0.5, 0.6) is 0 Å². The Morgan fingerprint density at radius 1 is 1.15 bits per heavy atom. The van der Waals surface area contributed by atoms with Gasteiger partial charge in [-0.15, -0.1) is 0 Å². The summed E-state index contributed by atoms with van der Waals surface area (Å²) in [7, 11) is 0. The molecule has 0 radical (unpaired) electrons. The van der Waals surface area contributed by atoms with E-state index in [1.54, 1.807) is 6.92 Å². The number of benzene rings is 2. The molecule has 1 aromatic heterocycles. The summed E-state index contributed by atoms with van der Waals surface area (Å²) in [6, 6.07) is 9.89. The molecule has 4 rings (SSSR count). The molecule has 1 heterocycles. The van der Waals surface area contributed by atoms with Crippen LogP contribution < -0.4 is 5.32 Å². The Labute approximate surface area is 158 Å². The van der Waals surface area contributed by atoms with Crippen LogP contribution in [0.25, 0.3) is 21.8 Å². The zero-order valence-corrected chi connectivity index (χ0v) is 15.5. The van der Waals surface area contributed by atoms with Crippen LogP contribution in [0.2, 0.25) is 0 Å². The van der Waals surface area contributed by atoms with E-state index in [2.05, 4.69) is 9.88 Å². The van der Waals surface area contributed by atoms with Crippen LogP contribution in [0.15, 0.2) is 30.3 Å². The molecule has 0 amide bonds.